The van der Waals surface area contributed by atoms with Crippen LogP contribution in [0.4, 0.5) is 11.6 Å². The molecule has 1 aliphatic heterocycles. The third-order valence-corrected chi connectivity index (χ3v) is 4.22. The maximum absolute atomic E-state index is 12.6. The van der Waals surface area contributed by atoms with Gasteiger partial charge in [-0.1, -0.05) is 18.2 Å². The Hall–Kier alpha value is -3.68. The van der Waals surface area contributed by atoms with Crippen LogP contribution in [-0.4, -0.2) is 27.6 Å². The number of anilines is 2. The predicted molar refractivity (Wildman–Crippen MR) is 102 cm³/mol. The number of hydrogen-bond acceptors (Lipinski definition) is 6. The minimum Gasteiger partial charge on any atom is -0.493 e. The lowest BCUT2D eigenvalue weighted by Crippen LogP contribution is -2.82. The topological polar surface area (TPSA) is 95.0 Å². The van der Waals surface area contributed by atoms with Crippen LogP contribution in [0.3, 0.4) is 0 Å². The Morgan fingerprint density at radius 2 is 2.11 bits per heavy atom. The fourth-order valence-electron chi connectivity index (χ4n) is 3.01. The summed E-state index contributed by atoms with van der Waals surface area (Å²) in [4.78, 5) is 24.6. The van der Waals surface area contributed by atoms with Gasteiger partial charge in [0.1, 0.15) is 5.69 Å². The number of para-hydroxylation sites is 2. The average Bonchev–Trinajstić information content (AvgIpc) is 2.68. The molecule has 8 heteroatoms. The molecule has 0 saturated carbocycles. The summed E-state index contributed by atoms with van der Waals surface area (Å²) in [6.45, 7) is 1.79. The monoisotopic (exact) mass is 363 g/mol. The molecule has 4 rings (SSSR count). The van der Waals surface area contributed by atoms with Gasteiger partial charge in [0.25, 0.3) is 11.5 Å². The SMILES string of the molecule is COc1ccccc1NC1=[NH+][C@H](c2cccnc2)n2c(nc(C)cc2=O)N1. The van der Waals surface area contributed by atoms with Gasteiger partial charge in [0.2, 0.25) is 0 Å². The minimum atomic E-state index is -0.451. The number of hydrogen-bond donors (Lipinski definition) is 3. The van der Waals surface area contributed by atoms with Crippen LogP contribution in [-0.2, 0) is 0 Å². The van der Waals surface area contributed by atoms with Crippen molar-refractivity contribution in [1.82, 2.24) is 14.5 Å². The second-order valence-corrected chi connectivity index (χ2v) is 6.09. The highest BCUT2D eigenvalue weighted by Gasteiger charge is 2.29. The van der Waals surface area contributed by atoms with E-state index in [-0.39, 0.29) is 5.56 Å². The highest BCUT2D eigenvalue weighted by Crippen LogP contribution is 2.23. The van der Waals surface area contributed by atoms with E-state index in [1.807, 2.05) is 36.4 Å². The number of fused-ring (bicyclic) bond motifs is 1. The maximum Gasteiger partial charge on any atom is 0.357 e. The summed E-state index contributed by atoms with van der Waals surface area (Å²) in [5.41, 5.74) is 2.11. The van der Waals surface area contributed by atoms with E-state index >= 15 is 0 Å². The quantitative estimate of drug-likeness (QED) is 0.626. The smallest absolute Gasteiger partial charge is 0.357 e. The first kappa shape index (κ1) is 16.8. The van der Waals surface area contributed by atoms with Gasteiger partial charge < -0.3 is 4.74 Å². The lowest BCUT2D eigenvalue weighted by atomic mass is 10.2. The van der Waals surface area contributed by atoms with Crippen LogP contribution in [0, 0.1) is 6.92 Å². The van der Waals surface area contributed by atoms with Crippen LogP contribution in [0.1, 0.15) is 17.4 Å². The van der Waals surface area contributed by atoms with Gasteiger partial charge in [-0.05, 0) is 25.1 Å². The Kier molecular flexibility index (Phi) is 4.29. The Morgan fingerprint density at radius 3 is 2.89 bits per heavy atom. The van der Waals surface area contributed by atoms with E-state index in [4.69, 9.17) is 4.74 Å². The van der Waals surface area contributed by atoms with Crippen molar-refractivity contribution in [3.05, 3.63) is 76.5 Å². The van der Waals surface area contributed by atoms with Crippen molar-refractivity contribution >= 4 is 17.6 Å². The molecule has 1 aromatic carbocycles. The number of aromatic nitrogens is 3. The third-order valence-electron chi connectivity index (χ3n) is 4.22. The number of guanidine groups is 1. The van der Waals surface area contributed by atoms with E-state index in [9.17, 15) is 4.79 Å². The summed E-state index contributed by atoms with van der Waals surface area (Å²) in [7, 11) is 1.62. The fourth-order valence-corrected chi connectivity index (χ4v) is 3.01. The van der Waals surface area contributed by atoms with Gasteiger partial charge in [-0.25, -0.2) is 20.2 Å². The van der Waals surface area contributed by atoms with Gasteiger partial charge in [0.15, 0.2) is 11.9 Å². The number of ether oxygens (including phenoxy) is 1. The second kappa shape index (κ2) is 6.91. The van der Waals surface area contributed by atoms with Crippen molar-refractivity contribution in [2.45, 2.75) is 13.1 Å². The largest absolute Gasteiger partial charge is 0.493 e. The number of pyridine rings is 1. The van der Waals surface area contributed by atoms with Crippen molar-refractivity contribution in [2.75, 3.05) is 17.7 Å². The highest BCUT2D eigenvalue weighted by molar-refractivity contribution is 6.00. The first-order chi connectivity index (χ1) is 13.2. The zero-order valence-electron chi connectivity index (χ0n) is 14.9. The summed E-state index contributed by atoms with van der Waals surface area (Å²) < 4.78 is 6.96. The Bertz CT molecular complexity index is 1060. The summed E-state index contributed by atoms with van der Waals surface area (Å²) in [6, 6.07) is 12.8. The number of aryl methyl sites for hydroxylation is 1. The van der Waals surface area contributed by atoms with Crippen molar-refractivity contribution < 1.29 is 9.73 Å². The molecule has 3 heterocycles. The summed E-state index contributed by atoms with van der Waals surface area (Å²) in [5, 5.41) is 6.42. The van der Waals surface area contributed by atoms with E-state index in [0.717, 1.165) is 11.3 Å². The first-order valence-electron chi connectivity index (χ1n) is 8.46. The summed E-state index contributed by atoms with van der Waals surface area (Å²) in [5.74, 6) is 1.74. The van der Waals surface area contributed by atoms with E-state index in [2.05, 4.69) is 25.6 Å². The maximum atomic E-state index is 12.6. The van der Waals surface area contributed by atoms with E-state index < -0.39 is 6.17 Å². The highest BCUT2D eigenvalue weighted by atomic mass is 16.5. The minimum absolute atomic E-state index is 0.150. The molecule has 0 radical (unpaired) electrons. The molecule has 0 saturated heterocycles. The van der Waals surface area contributed by atoms with Crippen LogP contribution < -0.4 is 25.9 Å². The zero-order valence-corrected chi connectivity index (χ0v) is 14.9. The van der Waals surface area contributed by atoms with Crippen LogP contribution >= 0.6 is 0 Å². The number of rotatable bonds is 3. The molecule has 1 atom stereocenters. The van der Waals surface area contributed by atoms with Crippen LogP contribution in [0.25, 0.3) is 0 Å². The molecule has 8 nitrogen and oxygen atoms in total. The third kappa shape index (κ3) is 3.24. The number of nitrogens with one attached hydrogen (secondary N) is 3. The molecular formula is C19H19N6O2+. The van der Waals surface area contributed by atoms with Gasteiger partial charge in [-0.15, -0.1) is 0 Å². The molecule has 0 fully saturated rings. The van der Waals surface area contributed by atoms with Gasteiger partial charge in [-0.2, -0.15) is 0 Å². The van der Waals surface area contributed by atoms with Crippen molar-refractivity contribution in [2.24, 2.45) is 0 Å². The lowest BCUT2D eigenvalue weighted by molar-refractivity contribution is -0.520. The molecular weight excluding hydrogens is 344 g/mol. The summed E-state index contributed by atoms with van der Waals surface area (Å²) >= 11 is 0. The van der Waals surface area contributed by atoms with Crippen molar-refractivity contribution in [3.63, 3.8) is 0 Å². The lowest BCUT2D eigenvalue weighted by Gasteiger charge is -2.23. The normalized spacial score (nSPS) is 15.3. The first-order valence-corrected chi connectivity index (χ1v) is 8.46. The van der Waals surface area contributed by atoms with E-state index in [1.165, 1.54) is 6.07 Å². The fraction of sp³-hybridized carbons (Fsp3) is 0.158. The molecule has 0 spiro atoms. The standard InChI is InChI=1S/C19H18N6O2/c1-12-10-16(26)25-17(13-6-5-9-20-11-13)23-18(24-19(25)21-12)22-14-7-3-4-8-15(14)27-2/h3-11,17H,1-2H3,(H2,21,22,23,24)/p+1/t17-/m0/s1. The summed E-state index contributed by atoms with van der Waals surface area (Å²) in [6.07, 6.45) is 2.96. The van der Waals surface area contributed by atoms with Crippen molar-refractivity contribution in [1.29, 1.82) is 0 Å². The molecule has 0 aliphatic carbocycles. The molecule has 0 bridgehead atoms. The van der Waals surface area contributed by atoms with Gasteiger partial charge in [-0.3, -0.25) is 14.8 Å². The Balaban J connectivity index is 1.80. The molecule has 0 amide bonds. The molecule has 0 unspecified atom stereocenters. The number of nitrogens with zero attached hydrogens (tertiary/aromatic N) is 3. The van der Waals surface area contributed by atoms with Crippen LogP contribution in [0.15, 0.2) is 59.7 Å². The molecule has 27 heavy (non-hydrogen) atoms. The van der Waals surface area contributed by atoms with Crippen LogP contribution in [0.2, 0.25) is 0 Å². The molecule has 136 valence electrons. The van der Waals surface area contributed by atoms with Gasteiger partial charge in [0.05, 0.1) is 7.11 Å². The van der Waals surface area contributed by atoms with Gasteiger partial charge in [0, 0.05) is 29.7 Å². The predicted octanol–water partition coefficient (Wildman–Crippen LogP) is 0.476. The van der Waals surface area contributed by atoms with Gasteiger partial charge >= 0.3 is 5.96 Å². The number of methoxy groups -OCH3 is 1. The Labute approximate surface area is 155 Å². The zero-order chi connectivity index (χ0) is 18.8. The molecule has 3 aromatic rings. The average molecular weight is 363 g/mol. The number of benzene rings is 1. The molecule has 1 aliphatic rings. The van der Waals surface area contributed by atoms with Crippen molar-refractivity contribution in [3.8, 4) is 5.75 Å². The van der Waals surface area contributed by atoms with E-state index in [0.29, 0.717) is 23.4 Å². The van der Waals surface area contributed by atoms with Crippen LogP contribution in [0.5, 0.6) is 5.75 Å². The molecule has 2 aromatic heterocycles. The second-order valence-electron chi connectivity index (χ2n) is 6.09. The van der Waals surface area contributed by atoms with E-state index in [1.54, 1.807) is 31.0 Å². The molecule has 3 N–H and O–H groups in total. The Morgan fingerprint density at radius 1 is 1.26 bits per heavy atom.